The Morgan fingerprint density at radius 2 is 1.71 bits per heavy atom. The number of aliphatic hydroxyl groups is 1. The van der Waals surface area contributed by atoms with Crippen LogP contribution in [-0.2, 0) is 15.9 Å². The summed E-state index contributed by atoms with van der Waals surface area (Å²) < 4.78 is 16.1. The molecular weight excluding hydrogens is 306 g/mol. The van der Waals surface area contributed by atoms with Crippen molar-refractivity contribution in [1.82, 2.24) is 4.90 Å². The Bertz CT molecular complexity index is 469. The van der Waals surface area contributed by atoms with Crippen LogP contribution in [0.3, 0.4) is 0 Å². The fourth-order valence-electron chi connectivity index (χ4n) is 2.12. The van der Waals surface area contributed by atoms with Crippen LogP contribution in [0.4, 0.5) is 0 Å². The number of benzene rings is 1. The molecule has 0 heterocycles. The average molecular weight is 335 g/mol. The van der Waals surface area contributed by atoms with Crippen LogP contribution in [-0.4, -0.2) is 69.3 Å². The van der Waals surface area contributed by atoms with E-state index in [0.29, 0.717) is 45.6 Å². The first-order valence-electron chi connectivity index (χ1n) is 8.29. The number of aliphatic hydroxyl groups excluding tert-OH is 1. The summed E-state index contributed by atoms with van der Waals surface area (Å²) in [6.45, 7) is 5.23. The molecule has 0 bridgehead atoms. The van der Waals surface area contributed by atoms with E-state index in [1.807, 2.05) is 19.2 Å². The molecule has 0 aliphatic carbocycles. The largest absolute Gasteiger partial charge is 0.491 e. The summed E-state index contributed by atoms with van der Waals surface area (Å²) in [7, 11) is 2.04. The van der Waals surface area contributed by atoms with E-state index >= 15 is 0 Å². The number of likely N-dealkylation sites (N-methyl/N-ethyl adjacent to an activating group) is 1. The van der Waals surface area contributed by atoms with Gasteiger partial charge in [-0.15, -0.1) is 6.42 Å². The Morgan fingerprint density at radius 1 is 1.08 bits per heavy atom. The summed E-state index contributed by atoms with van der Waals surface area (Å²) in [5, 5.41) is 8.56. The van der Waals surface area contributed by atoms with Gasteiger partial charge >= 0.3 is 0 Å². The first kappa shape index (κ1) is 20.5. The Hall–Kier alpha value is -1.58. The van der Waals surface area contributed by atoms with Crippen molar-refractivity contribution in [2.45, 2.75) is 19.4 Å². The average Bonchev–Trinajstić information content (AvgIpc) is 2.59. The van der Waals surface area contributed by atoms with E-state index in [-0.39, 0.29) is 6.61 Å². The van der Waals surface area contributed by atoms with Gasteiger partial charge in [0.2, 0.25) is 0 Å². The van der Waals surface area contributed by atoms with E-state index in [1.54, 1.807) is 0 Å². The molecule has 0 amide bonds. The first-order chi connectivity index (χ1) is 11.7. The summed E-state index contributed by atoms with van der Waals surface area (Å²) in [5.41, 5.74) is 1.26. The van der Waals surface area contributed by atoms with Crippen molar-refractivity contribution in [2.75, 3.05) is 53.2 Å². The predicted molar refractivity (Wildman–Crippen MR) is 95.3 cm³/mol. The molecule has 0 aliphatic rings. The molecule has 0 aromatic heterocycles. The lowest BCUT2D eigenvalue weighted by molar-refractivity contribution is 0.0247. The Morgan fingerprint density at radius 3 is 2.33 bits per heavy atom. The lowest BCUT2D eigenvalue weighted by Crippen LogP contribution is -2.31. The third-order valence-corrected chi connectivity index (χ3v) is 3.65. The van der Waals surface area contributed by atoms with E-state index in [4.69, 9.17) is 25.7 Å². The van der Waals surface area contributed by atoms with Gasteiger partial charge < -0.3 is 19.3 Å². The third-order valence-electron chi connectivity index (χ3n) is 3.65. The van der Waals surface area contributed by atoms with Crippen LogP contribution in [0.15, 0.2) is 24.3 Å². The van der Waals surface area contributed by atoms with Crippen LogP contribution in [0.25, 0.3) is 0 Å². The quantitative estimate of drug-likeness (QED) is 0.438. The van der Waals surface area contributed by atoms with Gasteiger partial charge in [0.15, 0.2) is 0 Å². The predicted octanol–water partition coefficient (Wildman–Crippen LogP) is 1.59. The zero-order valence-corrected chi connectivity index (χ0v) is 14.7. The van der Waals surface area contributed by atoms with Gasteiger partial charge in [0.25, 0.3) is 0 Å². The maximum atomic E-state index is 8.56. The molecule has 1 aromatic carbocycles. The maximum absolute atomic E-state index is 8.56. The topological polar surface area (TPSA) is 51.2 Å². The highest BCUT2D eigenvalue weighted by Crippen LogP contribution is 2.14. The van der Waals surface area contributed by atoms with Crippen LogP contribution in [0, 0.1) is 12.3 Å². The SMILES string of the molecule is C#CCN(C)[C@H](C)Cc1ccc(OCCOCCOCCO)cc1. The summed E-state index contributed by atoms with van der Waals surface area (Å²) in [4.78, 5) is 2.16. The first-order valence-corrected chi connectivity index (χ1v) is 8.29. The molecule has 0 unspecified atom stereocenters. The van der Waals surface area contributed by atoms with Gasteiger partial charge in [0.05, 0.1) is 39.6 Å². The van der Waals surface area contributed by atoms with E-state index in [9.17, 15) is 0 Å². The van der Waals surface area contributed by atoms with Crippen molar-refractivity contribution >= 4 is 0 Å². The van der Waals surface area contributed by atoms with Crippen molar-refractivity contribution in [1.29, 1.82) is 0 Å². The van der Waals surface area contributed by atoms with E-state index in [0.717, 1.165) is 12.2 Å². The maximum Gasteiger partial charge on any atom is 0.119 e. The molecule has 0 aliphatic heterocycles. The minimum absolute atomic E-state index is 0.0398. The van der Waals surface area contributed by atoms with Gasteiger partial charge in [-0.25, -0.2) is 0 Å². The highest BCUT2D eigenvalue weighted by molar-refractivity contribution is 5.27. The minimum atomic E-state index is 0.0398. The van der Waals surface area contributed by atoms with Crippen LogP contribution in [0.1, 0.15) is 12.5 Å². The highest BCUT2D eigenvalue weighted by atomic mass is 16.5. The van der Waals surface area contributed by atoms with E-state index in [2.05, 4.69) is 29.9 Å². The third kappa shape index (κ3) is 8.90. The van der Waals surface area contributed by atoms with Crippen molar-refractivity contribution in [3.8, 4) is 18.1 Å². The lowest BCUT2D eigenvalue weighted by atomic mass is 10.1. The summed E-state index contributed by atoms with van der Waals surface area (Å²) >= 11 is 0. The molecule has 24 heavy (non-hydrogen) atoms. The fraction of sp³-hybridized carbons (Fsp3) is 0.579. The molecule has 1 N–H and O–H groups in total. The lowest BCUT2D eigenvalue weighted by Gasteiger charge is -2.22. The van der Waals surface area contributed by atoms with Gasteiger partial charge in [-0.05, 0) is 38.1 Å². The van der Waals surface area contributed by atoms with Gasteiger partial charge in [-0.2, -0.15) is 0 Å². The molecule has 0 saturated heterocycles. The van der Waals surface area contributed by atoms with Gasteiger partial charge in [-0.1, -0.05) is 18.1 Å². The Balaban J connectivity index is 2.19. The fourth-order valence-corrected chi connectivity index (χ4v) is 2.12. The number of terminal acetylenes is 1. The van der Waals surface area contributed by atoms with Crippen LogP contribution in [0.2, 0.25) is 0 Å². The Kier molecular flexibility index (Phi) is 10.9. The van der Waals surface area contributed by atoms with Crippen molar-refractivity contribution in [3.63, 3.8) is 0 Å². The molecule has 0 fully saturated rings. The van der Waals surface area contributed by atoms with Crippen molar-refractivity contribution < 1.29 is 19.3 Å². The summed E-state index contributed by atoms with van der Waals surface area (Å²) in [5.74, 6) is 3.50. The van der Waals surface area contributed by atoms with Gasteiger partial charge in [-0.3, -0.25) is 4.90 Å². The van der Waals surface area contributed by atoms with Crippen LogP contribution >= 0.6 is 0 Å². The van der Waals surface area contributed by atoms with Crippen LogP contribution < -0.4 is 4.74 Å². The molecule has 5 heteroatoms. The molecule has 5 nitrogen and oxygen atoms in total. The summed E-state index contributed by atoms with van der Waals surface area (Å²) in [6, 6.07) is 8.52. The molecule has 0 radical (unpaired) electrons. The van der Waals surface area contributed by atoms with Gasteiger partial charge in [0.1, 0.15) is 12.4 Å². The molecular formula is C19H29NO4. The minimum Gasteiger partial charge on any atom is -0.491 e. The number of rotatable bonds is 13. The highest BCUT2D eigenvalue weighted by Gasteiger charge is 2.08. The normalized spacial score (nSPS) is 12.1. The standard InChI is InChI=1S/C19H29NO4/c1-4-9-20(3)17(2)16-18-5-7-19(8-6-18)24-15-14-23-13-12-22-11-10-21/h1,5-8,17,21H,9-16H2,2-3H3/t17-/m1/s1. The van der Waals surface area contributed by atoms with Crippen molar-refractivity contribution in [3.05, 3.63) is 29.8 Å². The van der Waals surface area contributed by atoms with Crippen LogP contribution in [0.5, 0.6) is 5.75 Å². The second-order valence-electron chi connectivity index (χ2n) is 5.61. The van der Waals surface area contributed by atoms with Crippen molar-refractivity contribution in [2.24, 2.45) is 0 Å². The molecule has 0 saturated carbocycles. The monoisotopic (exact) mass is 335 g/mol. The number of nitrogens with zero attached hydrogens (tertiary/aromatic N) is 1. The van der Waals surface area contributed by atoms with E-state index < -0.39 is 0 Å². The number of ether oxygens (including phenoxy) is 3. The zero-order valence-electron chi connectivity index (χ0n) is 14.7. The van der Waals surface area contributed by atoms with Gasteiger partial charge in [0, 0.05) is 6.04 Å². The summed E-state index contributed by atoms with van der Waals surface area (Å²) in [6.07, 6.45) is 6.30. The molecule has 1 aromatic rings. The number of hydrogen-bond acceptors (Lipinski definition) is 5. The van der Waals surface area contributed by atoms with E-state index in [1.165, 1.54) is 5.56 Å². The number of hydrogen-bond donors (Lipinski definition) is 1. The molecule has 1 atom stereocenters. The smallest absolute Gasteiger partial charge is 0.119 e. The Labute approximate surface area is 145 Å². The zero-order chi connectivity index (χ0) is 17.6. The molecule has 0 spiro atoms. The second kappa shape index (κ2) is 12.8. The molecule has 134 valence electrons. The molecule has 1 rings (SSSR count). The second-order valence-corrected chi connectivity index (χ2v) is 5.61.